The Kier molecular flexibility index (Phi) is 8.22. The molecule has 5 atom stereocenters. The van der Waals surface area contributed by atoms with Crippen molar-refractivity contribution in [3.63, 3.8) is 0 Å². The quantitative estimate of drug-likeness (QED) is 0.448. The monoisotopic (exact) mass is 387 g/mol. The number of rotatable bonds is 9. The number of carboxylic acids is 1. The number of Topliss-reactive ketones (excluding diaryl/α,β-unsaturated/α-hetero) is 1. The van der Waals surface area contributed by atoms with Gasteiger partial charge in [0.25, 0.3) is 5.97 Å². The fourth-order valence-electron chi connectivity index (χ4n) is 2.61. The minimum atomic E-state index is -1.17. The lowest BCUT2D eigenvalue weighted by molar-refractivity contribution is -0.153. The maximum absolute atomic E-state index is 12.4. The first-order chi connectivity index (χ1) is 12.0. The molecular weight excluding hydrogens is 360 g/mol. The van der Waals surface area contributed by atoms with E-state index in [1.54, 1.807) is 20.8 Å². The summed E-state index contributed by atoms with van der Waals surface area (Å²) < 4.78 is 10.8. The molecule has 0 radical (unpaired) electrons. The van der Waals surface area contributed by atoms with Crippen LogP contribution in [0.1, 0.15) is 47.0 Å². The number of nitrogens with one attached hydrogen (secondary N) is 1. The van der Waals surface area contributed by atoms with E-state index >= 15 is 0 Å². The van der Waals surface area contributed by atoms with Crippen LogP contribution >= 0.6 is 9.24 Å². The van der Waals surface area contributed by atoms with Gasteiger partial charge < -0.3 is 19.7 Å². The van der Waals surface area contributed by atoms with E-state index < -0.39 is 36.5 Å². The van der Waals surface area contributed by atoms with Gasteiger partial charge in [-0.2, -0.15) is 0 Å². The summed E-state index contributed by atoms with van der Waals surface area (Å²) in [4.78, 5) is 47.0. The van der Waals surface area contributed by atoms with Crippen molar-refractivity contribution >= 4 is 40.0 Å². The number of carboxylic acid groups (broad SMARTS) is 1. The molecule has 4 unspecified atom stereocenters. The van der Waals surface area contributed by atoms with Crippen LogP contribution in [0.25, 0.3) is 0 Å². The van der Waals surface area contributed by atoms with Crippen molar-refractivity contribution in [2.45, 2.75) is 64.4 Å². The number of ketones is 1. The van der Waals surface area contributed by atoms with Gasteiger partial charge in [-0.3, -0.25) is 19.2 Å². The van der Waals surface area contributed by atoms with Crippen LogP contribution in [-0.2, 0) is 28.5 Å². The van der Waals surface area contributed by atoms with Crippen molar-refractivity contribution in [1.82, 2.24) is 5.32 Å². The van der Waals surface area contributed by atoms with Crippen molar-refractivity contribution in [2.75, 3.05) is 6.16 Å². The fraction of sp³-hybridized carbons (Fsp3) is 0.750. The van der Waals surface area contributed by atoms with Crippen molar-refractivity contribution < 1.29 is 33.6 Å². The second-order valence-electron chi connectivity index (χ2n) is 7.19. The van der Waals surface area contributed by atoms with Gasteiger partial charge in [-0.15, -0.1) is 9.24 Å². The second-order valence-corrected chi connectivity index (χ2v) is 7.66. The lowest BCUT2D eigenvalue weighted by atomic mass is 9.67. The Hall–Kier alpha value is -1.47. The van der Waals surface area contributed by atoms with E-state index in [4.69, 9.17) is 14.4 Å². The molecule has 0 saturated carbocycles. The summed E-state index contributed by atoms with van der Waals surface area (Å²) in [5.41, 5.74) is -1.17. The van der Waals surface area contributed by atoms with Crippen molar-refractivity contribution in [1.29, 1.82) is 0 Å². The zero-order valence-corrected chi connectivity index (χ0v) is 16.8. The molecule has 0 aromatic rings. The van der Waals surface area contributed by atoms with E-state index in [-0.39, 0.29) is 36.9 Å². The van der Waals surface area contributed by atoms with Crippen molar-refractivity contribution in [3.05, 3.63) is 0 Å². The lowest BCUT2D eigenvalue weighted by Gasteiger charge is -2.37. The highest BCUT2D eigenvalue weighted by atomic mass is 31.0. The maximum Gasteiger partial charge on any atom is 0.531 e. The molecule has 1 aliphatic rings. The summed E-state index contributed by atoms with van der Waals surface area (Å²) in [6, 6.07) is -0.673. The summed E-state index contributed by atoms with van der Waals surface area (Å²) in [7, 11) is 1.48. The van der Waals surface area contributed by atoms with Gasteiger partial charge in [0.15, 0.2) is 5.78 Å². The number of hydrogen-bond donors (Lipinski definition) is 2. The van der Waals surface area contributed by atoms with Gasteiger partial charge in [-0.1, -0.05) is 13.8 Å². The Morgan fingerprint density at radius 3 is 2.50 bits per heavy atom. The largest absolute Gasteiger partial charge is 0.531 e. The van der Waals surface area contributed by atoms with Crippen LogP contribution in [0.2, 0.25) is 5.82 Å². The van der Waals surface area contributed by atoms with E-state index in [2.05, 4.69) is 14.6 Å². The third kappa shape index (κ3) is 6.69. The van der Waals surface area contributed by atoms with E-state index in [1.807, 2.05) is 0 Å². The third-order valence-electron chi connectivity index (χ3n) is 4.32. The van der Waals surface area contributed by atoms with Crippen molar-refractivity contribution in [2.24, 2.45) is 5.92 Å². The molecular formula is C16H27BNO7P. The van der Waals surface area contributed by atoms with Gasteiger partial charge in [0.2, 0.25) is 5.91 Å². The molecule has 1 saturated heterocycles. The maximum atomic E-state index is 12.4. The molecule has 1 rings (SSSR count). The highest BCUT2D eigenvalue weighted by Crippen LogP contribution is 2.32. The zero-order valence-electron chi connectivity index (χ0n) is 15.6. The van der Waals surface area contributed by atoms with Crippen LogP contribution in [0.4, 0.5) is 0 Å². The van der Waals surface area contributed by atoms with Crippen LogP contribution < -0.4 is 5.32 Å². The Bertz CT molecular complexity index is 569. The second kappa shape index (κ2) is 9.46. The molecule has 8 nitrogen and oxygen atoms in total. The highest BCUT2D eigenvalue weighted by Gasteiger charge is 2.46. The molecule has 0 aromatic carbocycles. The minimum absolute atomic E-state index is 0.0256. The molecule has 10 heteroatoms. The first-order valence-electron chi connectivity index (χ1n) is 8.59. The molecule has 0 spiro atoms. The Labute approximate surface area is 156 Å². The smallest absolute Gasteiger partial charge is 0.509 e. The molecule has 2 N–H and O–H groups in total. The highest BCUT2D eigenvalue weighted by molar-refractivity contribution is 7.16. The average molecular weight is 387 g/mol. The molecule has 0 aliphatic carbocycles. The fourth-order valence-corrected chi connectivity index (χ4v) is 2.83. The summed E-state index contributed by atoms with van der Waals surface area (Å²) in [6.45, 7) is 6.59. The predicted octanol–water partition coefficient (Wildman–Crippen LogP) is 1.04. The standard InChI is InChI=1S/C16H27BNO7P/c1-9(8-26)15(23)18-11(3)12(19)5-10(2)17-24-14(22)7-16(4,25-17)6-13(20)21/h9-11H,5-8,26H2,1-4H3,(H,18,23)(H,20,21)/t9?,10-,11?,16?/m1/s1. The number of carbonyl (C=O) groups excluding carboxylic acids is 3. The van der Waals surface area contributed by atoms with Gasteiger partial charge >= 0.3 is 13.1 Å². The average Bonchev–Trinajstić information content (AvgIpc) is 2.51. The van der Waals surface area contributed by atoms with Crippen LogP contribution in [0, 0.1) is 5.92 Å². The Morgan fingerprint density at radius 2 is 1.96 bits per heavy atom. The summed E-state index contributed by atoms with van der Waals surface area (Å²) in [5.74, 6) is -2.75. The van der Waals surface area contributed by atoms with Gasteiger partial charge in [0, 0.05) is 18.2 Å². The molecule has 146 valence electrons. The summed E-state index contributed by atoms with van der Waals surface area (Å²) in [6.07, 6.45) is 0.128. The van der Waals surface area contributed by atoms with Gasteiger partial charge in [0.1, 0.15) is 0 Å². The molecule has 0 aromatic heterocycles. The van der Waals surface area contributed by atoms with E-state index in [0.717, 1.165) is 0 Å². The third-order valence-corrected chi connectivity index (χ3v) is 5.03. The zero-order chi connectivity index (χ0) is 20.1. The van der Waals surface area contributed by atoms with Gasteiger partial charge in [-0.05, 0) is 20.0 Å². The van der Waals surface area contributed by atoms with Crippen LogP contribution in [0.15, 0.2) is 0 Å². The van der Waals surface area contributed by atoms with Crippen LogP contribution in [0.3, 0.4) is 0 Å². The Balaban J connectivity index is 2.66. The van der Waals surface area contributed by atoms with E-state index in [1.165, 1.54) is 6.92 Å². The topological polar surface area (TPSA) is 119 Å². The van der Waals surface area contributed by atoms with E-state index in [0.29, 0.717) is 6.16 Å². The van der Waals surface area contributed by atoms with Gasteiger partial charge in [0.05, 0.1) is 24.5 Å². The number of amides is 1. The molecule has 0 bridgehead atoms. The van der Waals surface area contributed by atoms with E-state index in [9.17, 15) is 19.2 Å². The minimum Gasteiger partial charge on any atom is -0.509 e. The molecule has 1 heterocycles. The predicted molar refractivity (Wildman–Crippen MR) is 98.6 cm³/mol. The first kappa shape index (κ1) is 22.6. The van der Waals surface area contributed by atoms with Crippen LogP contribution in [-0.4, -0.2) is 53.7 Å². The number of hydrogen-bond acceptors (Lipinski definition) is 6. The normalized spacial score (nSPS) is 23.6. The van der Waals surface area contributed by atoms with Gasteiger partial charge in [-0.25, -0.2) is 0 Å². The summed E-state index contributed by atoms with van der Waals surface area (Å²) >= 11 is 0. The molecule has 1 amide bonds. The Morgan fingerprint density at radius 1 is 1.35 bits per heavy atom. The molecule has 1 fully saturated rings. The molecule has 26 heavy (non-hydrogen) atoms. The number of carbonyl (C=O) groups is 4. The number of aliphatic carboxylic acids is 1. The lowest BCUT2D eigenvalue weighted by Crippen LogP contribution is -2.50. The van der Waals surface area contributed by atoms with Crippen LogP contribution in [0.5, 0.6) is 0 Å². The van der Waals surface area contributed by atoms with Crippen molar-refractivity contribution in [3.8, 4) is 0 Å². The first-order valence-corrected chi connectivity index (χ1v) is 9.41. The molecule has 1 aliphatic heterocycles. The summed E-state index contributed by atoms with van der Waals surface area (Å²) in [5, 5.41) is 11.6. The SMILES string of the molecule is CC(CP)C(=O)NC(C)C(=O)C[C@@H](C)B1OC(=O)CC(C)(CC(=O)O)O1.